The van der Waals surface area contributed by atoms with Gasteiger partial charge in [-0.3, -0.25) is 14.5 Å². The molecule has 0 saturated heterocycles. The Kier molecular flexibility index (Phi) is 7.25. The van der Waals surface area contributed by atoms with Crippen LogP contribution >= 0.6 is 34.8 Å². The van der Waals surface area contributed by atoms with Crippen LogP contribution < -0.4 is 5.32 Å². The second-order valence-electron chi connectivity index (χ2n) is 4.36. The maximum atomic E-state index is 11.9. The first-order valence-electron chi connectivity index (χ1n) is 6.03. The SMILES string of the molecule is COC(=O)CCN(C)CC(=O)Nc1cc(Cl)c(Cl)cc1Cl. The van der Waals surface area contributed by atoms with E-state index in [9.17, 15) is 9.59 Å². The number of anilines is 1. The van der Waals surface area contributed by atoms with Crippen molar-refractivity contribution in [3.8, 4) is 0 Å². The van der Waals surface area contributed by atoms with Crippen molar-refractivity contribution in [1.29, 1.82) is 0 Å². The summed E-state index contributed by atoms with van der Waals surface area (Å²) in [5.41, 5.74) is 0.387. The minimum absolute atomic E-state index is 0.105. The van der Waals surface area contributed by atoms with E-state index in [1.807, 2.05) is 0 Å². The fourth-order valence-electron chi connectivity index (χ4n) is 1.52. The minimum Gasteiger partial charge on any atom is -0.469 e. The third-order valence-electron chi connectivity index (χ3n) is 2.62. The molecular weight excluding hydrogens is 339 g/mol. The quantitative estimate of drug-likeness (QED) is 0.631. The van der Waals surface area contributed by atoms with Crippen LogP contribution in [-0.4, -0.2) is 44.0 Å². The average Bonchev–Trinajstić information content (AvgIpc) is 2.42. The Morgan fingerprint density at radius 1 is 1.19 bits per heavy atom. The lowest BCUT2D eigenvalue weighted by Gasteiger charge is -2.16. The van der Waals surface area contributed by atoms with Crippen LogP contribution in [0.25, 0.3) is 0 Å². The molecule has 1 aromatic rings. The van der Waals surface area contributed by atoms with Gasteiger partial charge in [0.05, 0.1) is 40.8 Å². The van der Waals surface area contributed by atoms with E-state index < -0.39 is 0 Å². The van der Waals surface area contributed by atoms with Crippen LogP contribution in [0.5, 0.6) is 0 Å². The lowest BCUT2D eigenvalue weighted by Crippen LogP contribution is -2.32. The number of carbonyl (C=O) groups is 2. The van der Waals surface area contributed by atoms with Crippen LogP contribution in [-0.2, 0) is 14.3 Å². The van der Waals surface area contributed by atoms with Gasteiger partial charge in [0.25, 0.3) is 0 Å². The number of carbonyl (C=O) groups excluding carboxylic acids is 2. The number of ether oxygens (including phenoxy) is 1. The van der Waals surface area contributed by atoms with Crippen molar-refractivity contribution in [2.45, 2.75) is 6.42 Å². The van der Waals surface area contributed by atoms with Crippen molar-refractivity contribution in [2.24, 2.45) is 0 Å². The topological polar surface area (TPSA) is 58.6 Å². The standard InChI is InChI=1S/C13H15Cl3N2O3/c1-18(4-3-13(20)21-2)7-12(19)17-11-6-9(15)8(14)5-10(11)16/h5-6H,3-4,7H2,1-2H3,(H,17,19). The molecule has 21 heavy (non-hydrogen) atoms. The highest BCUT2D eigenvalue weighted by atomic mass is 35.5. The Labute approximate surface area is 138 Å². The maximum absolute atomic E-state index is 11.9. The molecule has 0 saturated carbocycles. The van der Waals surface area contributed by atoms with E-state index >= 15 is 0 Å². The summed E-state index contributed by atoms with van der Waals surface area (Å²) in [6, 6.07) is 2.95. The van der Waals surface area contributed by atoms with E-state index in [0.717, 1.165) is 0 Å². The number of rotatable bonds is 6. The van der Waals surface area contributed by atoms with Crippen molar-refractivity contribution in [3.63, 3.8) is 0 Å². The number of hydrogen-bond acceptors (Lipinski definition) is 4. The number of benzene rings is 1. The Morgan fingerprint density at radius 3 is 2.43 bits per heavy atom. The molecule has 5 nitrogen and oxygen atoms in total. The van der Waals surface area contributed by atoms with Crippen LogP contribution in [0.3, 0.4) is 0 Å². The van der Waals surface area contributed by atoms with Gasteiger partial charge in [-0.2, -0.15) is 0 Å². The largest absolute Gasteiger partial charge is 0.469 e. The third-order valence-corrected chi connectivity index (χ3v) is 3.66. The zero-order valence-corrected chi connectivity index (χ0v) is 13.8. The molecule has 8 heteroatoms. The number of nitrogens with zero attached hydrogens (tertiary/aromatic N) is 1. The van der Waals surface area contributed by atoms with Crippen LogP contribution in [0.1, 0.15) is 6.42 Å². The fourth-order valence-corrected chi connectivity index (χ4v) is 2.11. The predicted octanol–water partition coefficient (Wildman–Crippen LogP) is 3.08. The predicted molar refractivity (Wildman–Crippen MR) is 84.2 cm³/mol. The second kappa shape index (κ2) is 8.44. The normalized spacial score (nSPS) is 10.6. The molecule has 116 valence electrons. The van der Waals surface area contributed by atoms with Gasteiger partial charge in [0.1, 0.15) is 0 Å². The number of nitrogens with one attached hydrogen (secondary N) is 1. The summed E-state index contributed by atoms with van der Waals surface area (Å²) in [4.78, 5) is 24.6. The summed E-state index contributed by atoms with van der Waals surface area (Å²) in [5, 5.41) is 3.56. The zero-order chi connectivity index (χ0) is 16.0. The molecule has 0 aliphatic rings. The first-order chi connectivity index (χ1) is 9.83. The summed E-state index contributed by atoms with van der Waals surface area (Å²) >= 11 is 17.7. The Balaban J connectivity index is 2.54. The molecule has 0 heterocycles. The maximum Gasteiger partial charge on any atom is 0.306 e. The number of likely N-dealkylation sites (N-methyl/N-ethyl adjacent to an activating group) is 1. The zero-order valence-electron chi connectivity index (χ0n) is 11.6. The molecule has 0 spiro atoms. The lowest BCUT2D eigenvalue weighted by atomic mass is 10.3. The Hall–Kier alpha value is -1.01. The lowest BCUT2D eigenvalue weighted by molar-refractivity contribution is -0.141. The number of halogens is 3. The molecule has 0 aliphatic carbocycles. The van der Waals surface area contributed by atoms with Gasteiger partial charge in [-0.15, -0.1) is 0 Å². The summed E-state index contributed by atoms with van der Waals surface area (Å²) in [7, 11) is 3.04. The molecule has 1 rings (SSSR count). The minimum atomic E-state index is -0.324. The summed E-state index contributed by atoms with van der Waals surface area (Å²) in [6.45, 7) is 0.517. The van der Waals surface area contributed by atoms with Gasteiger partial charge in [-0.25, -0.2) is 0 Å². The summed E-state index contributed by atoms with van der Waals surface area (Å²) in [5.74, 6) is -0.600. The van der Waals surface area contributed by atoms with E-state index in [4.69, 9.17) is 34.8 Å². The monoisotopic (exact) mass is 352 g/mol. The van der Waals surface area contributed by atoms with Crippen molar-refractivity contribution in [1.82, 2.24) is 4.90 Å². The first kappa shape index (κ1) is 18.0. The molecule has 0 unspecified atom stereocenters. The average molecular weight is 354 g/mol. The third kappa shape index (κ3) is 6.09. The number of amides is 1. The smallest absolute Gasteiger partial charge is 0.306 e. The molecule has 0 fully saturated rings. The molecule has 1 aromatic carbocycles. The molecule has 0 aromatic heterocycles. The van der Waals surface area contributed by atoms with Gasteiger partial charge in [0.15, 0.2) is 0 Å². The van der Waals surface area contributed by atoms with Crippen molar-refractivity contribution in [2.75, 3.05) is 32.6 Å². The summed E-state index contributed by atoms with van der Waals surface area (Å²) < 4.78 is 4.53. The van der Waals surface area contributed by atoms with Gasteiger partial charge in [-0.05, 0) is 19.2 Å². The van der Waals surface area contributed by atoms with E-state index in [0.29, 0.717) is 27.3 Å². The van der Waals surface area contributed by atoms with Gasteiger partial charge in [0, 0.05) is 6.54 Å². The summed E-state index contributed by atoms with van der Waals surface area (Å²) in [6.07, 6.45) is 0.216. The van der Waals surface area contributed by atoms with Crippen LogP contribution in [0.4, 0.5) is 5.69 Å². The van der Waals surface area contributed by atoms with E-state index in [1.165, 1.54) is 19.2 Å². The Bertz CT molecular complexity index is 538. The second-order valence-corrected chi connectivity index (χ2v) is 5.58. The van der Waals surface area contributed by atoms with Crippen molar-refractivity contribution >= 4 is 52.4 Å². The molecule has 1 amide bonds. The molecule has 0 atom stereocenters. The highest BCUT2D eigenvalue weighted by Crippen LogP contribution is 2.32. The molecule has 0 radical (unpaired) electrons. The van der Waals surface area contributed by atoms with Crippen LogP contribution in [0.2, 0.25) is 15.1 Å². The van der Waals surface area contributed by atoms with E-state index in [1.54, 1.807) is 11.9 Å². The van der Waals surface area contributed by atoms with Gasteiger partial charge < -0.3 is 10.1 Å². The first-order valence-corrected chi connectivity index (χ1v) is 7.16. The molecule has 0 aliphatic heterocycles. The van der Waals surface area contributed by atoms with Gasteiger partial charge in [-0.1, -0.05) is 34.8 Å². The van der Waals surface area contributed by atoms with Crippen molar-refractivity contribution < 1.29 is 14.3 Å². The number of esters is 1. The van der Waals surface area contributed by atoms with Crippen LogP contribution in [0, 0.1) is 0 Å². The Morgan fingerprint density at radius 2 is 1.81 bits per heavy atom. The van der Waals surface area contributed by atoms with Gasteiger partial charge >= 0.3 is 5.97 Å². The fraction of sp³-hybridized carbons (Fsp3) is 0.385. The number of methoxy groups -OCH3 is 1. The molecular formula is C13H15Cl3N2O3. The van der Waals surface area contributed by atoms with Crippen LogP contribution in [0.15, 0.2) is 12.1 Å². The van der Waals surface area contributed by atoms with Gasteiger partial charge in [0.2, 0.25) is 5.91 Å². The number of hydrogen-bond donors (Lipinski definition) is 1. The highest BCUT2D eigenvalue weighted by molar-refractivity contribution is 6.44. The molecule has 0 bridgehead atoms. The highest BCUT2D eigenvalue weighted by Gasteiger charge is 2.12. The molecule has 1 N–H and O–H groups in total. The van der Waals surface area contributed by atoms with Crippen molar-refractivity contribution in [3.05, 3.63) is 27.2 Å². The van der Waals surface area contributed by atoms with E-state index in [2.05, 4.69) is 10.1 Å². The van der Waals surface area contributed by atoms with E-state index in [-0.39, 0.29) is 24.8 Å².